The fourth-order valence-corrected chi connectivity index (χ4v) is 1.56. The molecule has 2 aromatic heterocycles. The second-order valence-electron chi connectivity index (χ2n) is 3.83. The molecule has 0 saturated carbocycles. The maximum atomic E-state index is 4.13. The zero-order valence-electron chi connectivity index (χ0n) is 9.55. The third-order valence-corrected chi connectivity index (χ3v) is 2.47. The zero-order chi connectivity index (χ0) is 11.5. The maximum Gasteiger partial charge on any atom is 0.191 e. The highest BCUT2D eigenvalue weighted by molar-refractivity contribution is 5.09. The second kappa shape index (κ2) is 4.40. The Bertz CT molecular complexity index is 432. The summed E-state index contributed by atoms with van der Waals surface area (Å²) in [7, 11) is 1.90. The van der Waals surface area contributed by atoms with E-state index >= 15 is 0 Å². The summed E-state index contributed by atoms with van der Waals surface area (Å²) < 4.78 is 1.78. The molecule has 0 bridgehead atoms. The lowest BCUT2D eigenvalue weighted by molar-refractivity contribution is 0.476. The molecule has 2 heterocycles. The van der Waals surface area contributed by atoms with Gasteiger partial charge in [0.25, 0.3) is 0 Å². The fourth-order valence-electron chi connectivity index (χ4n) is 1.56. The lowest BCUT2D eigenvalue weighted by atomic mass is 10.1. The summed E-state index contributed by atoms with van der Waals surface area (Å²) in [5, 5.41) is 21.4. The van der Waals surface area contributed by atoms with Gasteiger partial charge in [-0.2, -0.15) is 10.3 Å². The number of aromatic amines is 1. The maximum absolute atomic E-state index is 4.13. The smallest absolute Gasteiger partial charge is 0.191 e. The van der Waals surface area contributed by atoms with Crippen LogP contribution in [0.15, 0.2) is 12.4 Å². The zero-order valence-corrected chi connectivity index (χ0v) is 9.55. The Morgan fingerprint density at radius 2 is 2.19 bits per heavy atom. The van der Waals surface area contributed by atoms with Gasteiger partial charge < -0.3 is 5.32 Å². The van der Waals surface area contributed by atoms with E-state index in [1.54, 1.807) is 4.68 Å². The van der Waals surface area contributed by atoms with Crippen LogP contribution in [-0.2, 0) is 7.05 Å². The summed E-state index contributed by atoms with van der Waals surface area (Å²) in [4.78, 5) is 0. The first-order valence-electron chi connectivity index (χ1n) is 5.14. The van der Waals surface area contributed by atoms with E-state index in [0.29, 0.717) is 5.82 Å². The number of nitrogens with zero attached hydrogens (tertiary/aromatic N) is 5. The molecule has 2 rings (SSSR count). The van der Waals surface area contributed by atoms with E-state index in [9.17, 15) is 0 Å². The molecule has 0 aliphatic carbocycles. The Morgan fingerprint density at radius 1 is 1.38 bits per heavy atom. The van der Waals surface area contributed by atoms with Gasteiger partial charge in [0.1, 0.15) is 0 Å². The molecule has 2 atom stereocenters. The molecule has 2 aromatic rings. The molecule has 7 heteroatoms. The number of hydrogen-bond donors (Lipinski definition) is 2. The highest BCUT2D eigenvalue weighted by Gasteiger charge is 2.15. The Hall–Kier alpha value is -1.76. The summed E-state index contributed by atoms with van der Waals surface area (Å²) in [6.45, 7) is 4.07. The van der Waals surface area contributed by atoms with Gasteiger partial charge >= 0.3 is 0 Å². The number of tetrazole rings is 1. The number of rotatable bonds is 4. The predicted octanol–water partition coefficient (Wildman–Crippen LogP) is 0.345. The Kier molecular flexibility index (Phi) is 2.95. The number of nitrogens with one attached hydrogen (secondary N) is 2. The highest BCUT2D eigenvalue weighted by Crippen LogP contribution is 2.15. The van der Waals surface area contributed by atoms with Crippen molar-refractivity contribution in [3.8, 4) is 0 Å². The molecule has 86 valence electrons. The van der Waals surface area contributed by atoms with Crippen molar-refractivity contribution in [3.05, 3.63) is 23.8 Å². The minimum Gasteiger partial charge on any atom is -0.301 e. The molecule has 0 fully saturated rings. The monoisotopic (exact) mass is 221 g/mol. The number of hydrogen-bond acceptors (Lipinski definition) is 5. The second-order valence-corrected chi connectivity index (χ2v) is 3.83. The van der Waals surface area contributed by atoms with E-state index in [2.05, 4.69) is 38.0 Å². The predicted molar refractivity (Wildman–Crippen MR) is 57.4 cm³/mol. The van der Waals surface area contributed by atoms with E-state index in [1.165, 1.54) is 0 Å². The SMILES string of the molecule is CC(NC(C)c1nn[nH]n1)c1cnn(C)c1. The lowest BCUT2D eigenvalue weighted by Crippen LogP contribution is -2.23. The van der Waals surface area contributed by atoms with Crippen LogP contribution in [-0.4, -0.2) is 30.4 Å². The first kappa shape index (κ1) is 10.7. The van der Waals surface area contributed by atoms with Gasteiger partial charge in [0.2, 0.25) is 0 Å². The van der Waals surface area contributed by atoms with Gasteiger partial charge in [-0.25, -0.2) is 0 Å². The average molecular weight is 221 g/mol. The van der Waals surface area contributed by atoms with Crippen molar-refractivity contribution in [1.82, 2.24) is 35.7 Å². The van der Waals surface area contributed by atoms with Gasteiger partial charge in [-0.15, -0.1) is 10.2 Å². The van der Waals surface area contributed by atoms with Gasteiger partial charge in [0.05, 0.1) is 12.2 Å². The van der Waals surface area contributed by atoms with Crippen molar-refractivity contribution in [2.45, 2.75) is 25.9 Å². The van der Waals surface area contributed by atoms with E-state index < -0.39 is 0 Å². The van der Waals surface area contributed by atoms with Gasteiger partial charge in [-0.3, -0.25) is 4.68 Å². The Labute approximate surface area is 93.2 Å². The molecule has 0 spiro atoms. The topological polar surface area (TPSA) is 84.3 Å². The third-order valence-electron chi connectivity index (χ3n) is 2.47. The Balaban J connectivity index is 2.00. The molecule has 0 aliphatic heterocycles. The minimum absolute atomic E-state index is 0.0500. The quantitative estimate of drug-likeness (QED) is 0.778. The summed E-state index contributed by atoms with van der Waals surface area (Å²) in [6, 6.07) is 0.246. The van der Waals surface area contributed by atoms with Crippen molar-refractivity contribution in [3.63, 3.8) is 0 Å². The van der Waals surface area contributed by atoms with Crippen LogP contribution in [0.5, 0.6) is 0 Å². The van der Waals surface area contributed by atoms with Gasteiger partial charge in [-0.05, 0) is 13.8 Å². The van der Waals surface area contributed by atoms with Crippen molar-refractivity contribution in [2.24, 2.45) is 7.05 Å². The van der Waals surface area contributed by atoms with Crippen LogP contribution >= 0.6 is 0 Å². The largest absolute Gasteiger partial charge is 0.301 e. The Morgan fingerprint density at radius 3 is 2.75 bits per heavy atom. The van der Waals surface area contributed by atoms with Crippen LogP contribution in [0, 0.1) is 0 Å². The van der Waals surface area contributed by atoms with E-state index in [4.69, 9.17) is 0 Å². The van der Waals surface area contributed by atoms with Gasteiger partial charge in [0.15, 0.2) is 5.82 Å². The summed E-state index contributed by atoms with van der Waals surface area (Å²) >= 11 is 0. The van der Waals surface area contributed by atoms with Crippen LogP contribution in [0.25, 0.3) is 0 Å². The van der Waals surface area contributed by atoms with Gasteiger partial charge in [-0.1, -0.05) is 5.21 Å². The molecular formula is C9H15N7. The van der Waals surface area contributed by atoms with Gasteiger partial charge in [0, 0.05) is 24.8 Å². The molecule has 7 nitrogen and oxygen atoms in total. The molecule has 16 heavy (non-hydrogen) atoms. The van der Waals surface area contributed by atoms with Crippen molar-refractivity contribution < 1.29 is 0 Å². The molecule has 0 amide bonds. The standard InChI is InChI=1S/C9H15N7/c1-6(8-4-10-16(3)5-8)11-7(2)9-12-14-15-13-9/h4-7,11H,1-3H3,(H,12,13,14,15). The number of H-pyrrole nitrogens is 1. The number of aromatic nitrogens is 6. The van der Waals surface area contributed by atoms with Crippen LogP contribution < -0.4 is 5.32 Å². The molecule has 0 aliphatic rings. The van der Waals surface area contributed by atoms with Crippen LogP contribution in [0.3, 0.4) is 0 Å². The van der Waals surface area contributed by atoms with Crippen LogP contribution in [0.4, 0.5) is 0 Å². The van der Waals surface area contributed by atoms with E-state index in [0.717, 1.165) is 5.56 Å². The first-order chi connectivity index (χ1) is 7.66. The van der Waals surface area contributed by atoms with Crippen molar-refractivity contribution in [1.29, 1.82) is 0 Å². The van der Waals surface area contributed by atoms with Crippen molar-refractivity contribution in [2.75, 3.05) is 0 Å². The summed E-state index contributed by atoms with van der Waals surface area (Å²) in [5.74, 6) is 0.663. The van der Waals surface area contributed by atoms with Crippen LogP contribution in [0.2, 0.25) is 0 Å². The van der Waals surface area contributed by atoms with Crippen molar-refractivity contribution >= 4 is 0 Å². The molecule has 2 unspecified atom stereocenters. The van der Waals surface area contributed by atoms with E-state index in [-0.39, 0.29) is 12.1 Å². The molecule has 0 saturated heterocycles. The number of aryl methyl sites for hydroxylation is 1. The molecule has 0 aromatic carbocycles. The molecule has 2 N–H and O–H groups in total. The molecular weight excluding hydrogens is 206 g/mol. The lowest BCUT2D eigenvalue weighted by Gasteiger charge is -2.15. The van der Waals surface area contributed by atoms with Crippen LogP contribution in [0.1, 0.15) is 37.3 Å². The van der Waals surface area contributed by atoms with E-state index in [1.807, 2.05) is 26.4 Å². The fraction of sp³-hybridized carbons (Fsp3) is 0.556. The first-order valence-corrected chi connectivity index (χ1v) is 5.14. The molecule has 0 radical (unpaired) electrons. The normalized spacial score (nSPS) is 14.9. The summed E-state index contributed by atoms with van der Waals surface area (Å²) in [5.41, 5.74) is 1.14. The minimum atomic E-state index is 0.0500. The highest BCUT2D eigenvalue weighted by atomic mass is 15.5. The summed E-state index contributed by atoms with van der Waals surface area (Å²) in [6.07, 6.45) is 3.83. The third kappa shape index (κ3) is 2.25. The average Bonchev–Trinajstić information content (AvgIpc) is 2.87.